The van der Waals surface area contributed by atoms with Gasteiger partial charge in [-0.05, 0) is 51.4 Å². The van der Waals surface area contributed by atoms with E-state index in [1.54, 1.807) is 6.08 Å². The Kier molecular flexibility index (Phi) is 45.2. The zero-order valence-corrected chi connectivity index (χ0v) is 53.0. The molecule has 0 radical (unpaired) electrons. The predicted molar refractivity (Wildman–Crippen MR) is 333 cm³/mol. The fourth-order valence-electron chi connectivity index (χ4n) is 11.6. The van der Waals surface area contributed by atoms with Gasteiger partial charge in [0.2, 0.25) is 5.91 Å². The number of aliphatic hydroxyl groups is 11. The number of carbonyl (C=O) groups is 1. The van der Waals surface area contributed by atoms with Gasteiger partial charge in [0.05, 0.1) is 38.6 Å². The van der Waals surface area contributed by atoms with Crippen molar-refractivity contribution in [2.24, 2.45) is 0 Å². The number of hydrogen-bond acceptors (Lipinski definition) is 18. The molecule has 3 rings (SSSR count). The van der Waals surface area contributed by atoms with E-state index in [-0.39, 0.29) is 18.9 Å². The molecule has 3 fully saturated rings. The lowest BCUT2D eigenvalue weighted by atomic mass is 9.96. The van der Waals surface area contributed by atoms with Gasteiger partial charge >= 0.3 is 0 Å². The Labute approximate surface area is 517 Å². The molecule has 19 heteroatoms. The van der Waals surface area contributed by atoms with Crippen LogP contribution >= 0.6 is 0 Å². The van der Waals surface area contributed by atoms with Crippen LogP contribution in [0.25, 0.3) is 0 Å². The average Bonchev–Trinajstić information content (AvgIpc) is 3.70. The molecule has 3 aliphatic heterocycles. The summed E-state index contributed by atoms with van der Waals surface area (Å²) in [7, 11) is 0. The minimum Gasteiger partial charge on any atom is -0.394 e. The van der Waals surface area contributed by atoms with Crippen LogP contribution in [-0.4, -0.2) is 193 Å². The first-order chi connectivity index (χ1) is 41.8. The van der Waals surface area contributed by atoms with Crippen molar-refractivity contribution in [2.45, 2.75) is 356 Å². The highest BCUT2D eigenvalue weighted by Gasteiger charge is 2.53. The summed E-state index contributed by atoms with van der Waals surface area (Å²) in [6.45, 7) is 1.73. The van der Waals surface area contributed by atoms with Crippen LogP contribution in [0.15, 0.2) is 36.5 Å². The van der Waals surface area contributed by atoms with E-state index in [1.807, 2.05) is 6.08 Å². The summed E-state index contributed by atoms with van der Waals surface area (Å²) in [5, 5.41) is 120. The van der Waals surface area contributed by atoms with Crippen LogP contribution in [0.5, 0.6) is 0 Å². The molecule has 17 unspecified atom stereocenters. The van der Waals surface area contributed by atoms with Gasteiger partial charge in [-0.1, -0.05) is 230 Å². The molecule has 3 saturated heterocycles. The van der Waals surface area contributed by atoms with Crippen LogP contribution in [0.2, 0.25) is 0 Å². The van der Waals surface area contributed by atoms with Crippen molar-refractivity contribution in [3.63, 3.8) is 0 Å². The van der Waals surface area contributed by atoms with Gasteiger partial charge in [-0.25, -0.2) is 0 Å². The summed E-state index contributed by atoms with van der Waals surface area (Å²) >= 11 is 0. The minimum absolute atomic E-state index is 0.243. The Morgan fingerprint density at radius 1 is 0.419 bits per heavy atom. The average molecular weight is 1230 g/mol. The topological polar surface area (TPSA) is 307 Å². The lowest BCUT2D eigenvalue weighted by Gasteiger charge is -2.48. The highest BCUT2D eigenvalue weighted by atomic mass is 16.8. The number of aliphatic hydroxyl groups excluding tert-OH is 11. The van der Waals surface area contributed by atoms with Crippen molar-refractivity contribution < 1.29 is 89.4 Å². The molecule has 12 N–H and O–H groups in total. The Hall–Kier alpha value is -1.99. The Morgan fingerprint density at radius 2 is 0.767 bits per heavy atom. The van der Waals surface area contributed by atoms with E-state index in [0.29, 0.717) is 6.42 Å². The number of carbonyl (C=O) groups excluding carboxylic acids is 1. The fourth-order valence-corrected chi connectivity index (χ4v) is 11.6. The largest absolute Gasteiger partial charge is 0.394 e. The molecular formula is C67H123NO18. The van der Waals surface area contributed by atoms with Gasteiger partial charge in [-0.2, -0.15) is 0 Å². The smallest absolute Gasteiger partial charge is 0.220 e. The maximum absolute atomic E-state index is 13.4. The molecule has 1 amide bonds. The number of hydrogen-bond donors (Lipinski definition) is 12. The molecule has 0 aromatic carbocycles. The molecule has 0 aliphatic carbocycles. The van der Waals surface area contributed by atoms with Gasteiger partial charge in [0.15, 0.2) is 18.9 Å². The normalized spacial score (nSPS) is 29.0. The molecule has 504 valence electrons. The maximum atomic E-state index is 13.4. The molecule has 86 heavy (non-hydrogen) atoms. The van der Waals surface area contributed by atoms with E-state index >= 15 is 0 Å². The third kappa shape index (κ3) is 31.8. The van der Waals surface area contributed by atoms with Crippen LogP contribution in [0.4, 0.5) is 0 Å². The zero-order valence-electron chi connectivity index (χ0n) is 53.0. The van der Waals surface area contributed by atoms with Gasteiger partial charge in [0.25, 0.3) is 0 Å². The summed E-state index contributed by atoms with van der Waals surface area (Å²) < 4.78 is 34.3. The summed E-state index contributed by atoms with van der Waals surface area (Å²) in [5.41, 5.74) is 0. The van der Waals surface area contributed by atoms with E-state index in [1.165, 1.54) is 173 Å². The monoisotopic (exact) mass is 1230 g/mol. The Morgan fingerprint density at radius 3 is 1.19 bits per heavy atom. The molecule has 0 spiro atoms. The van der Waals surface area contributed by atoms with Gasteiger partial charge in [0, 0.05) is 6.42 Å². The Balaban J connectivity index is 1.43. The SMILES string of the molecule is CCCCCCC/C=C\C/C=C\CCCCCCCCCCCCCCCC(=O)NC(COC1OC(CO)C(OC2OC(CO)C(OC3OC(CO)C(O)C(O)C3O)C(O)C2O)C(O)C1O)C(O)/C=C/CCCCCCCCCCCCCCCC. The van der Waals surface area contributed by atoms with Crippen LogP contribution in [0, 0.1) is 0 Å². The second-order valence-electron chi connectivity index (χ2n) is 24.6. The molecule has 0 saturated carbocycles. The van der Waals surface area contributed by atoms with Crippen LogP contribution in [0.1, 0.15) is 251 Å². The number of ether oxygens (including phenoxy) is 6. The molecule has 17 atom stereocenters. The first kappa shape index (κ1) is 78.3. The molecule has 0 aromatic rings. The molecule has 0 bridgehead atoms. The maximum Gasteiger partial charge on any atom is 0.220 e. The lowest BCUT2D eigenvalue weighted by molar-refractivity contribution is -0.379. The summed E-state index contributed by atoms with van der Waals surface area (Å²) in [4.78, 5) is 13.4. The predicted octanol–water partition coefficient (Wildman–Crippen LogP) is 8.44. The third-order valence-corrected chi connectivity index (χ3v) is 17.2. The first-order valence-corrected chi connectivity index (χ1v) is 34.2. The van der Waals surface area contributed by atoms with Crippen LogP contribution in [0.3, 0.4) is 0 Å². The van der Waals surface area contributed by atoms with E-state index in [4.69, 9.17) is 28.4 Å². The number of unbranched alkanes of at least 4 members (excludes halogenated alkanes) is 32. The van der Waals surface area contributed by atoms with Crippen molar-refractivity contribution in [2.75, 3.05) is 26.4 Å². The summed E-state index contributed by atoms with van der Waals surface area (Å²) in [5.74, 6) is -0.275. The van der Waals surface area contributed by atoms with Crippen molar-refractivity contribution in [3.05, 3.63) is 36.5 Å². The highest BCUT2D eigenvalue weighted by Crippen LogP contribution is 2.33. The van der Waals surface area contributed by atoms with Crippen LogP contribution in [-0.2, 0) is 33.2 Å². The van der Waals surface area contributed by atoms with E-state index in [2.05, 4.69) is 43.5 Å². The fraction of sp³-hybridized carbons (Fsp3) is 0.896. The molecule has 0 aromatic heterocycles. The number of nitrogens with one attached hydrogen (secondary N) is 1. The van der Waals surface area contributed by atoms with Gasteiger partial charge in [-0.3, -0.25) is 4.79 Å². The molecule has 3 heterocycles. The Bertz CT molecular complexity index is 1710. The second-order valence-corrected chi connectivity index (χ2v) is 24.6. The molecule has 3 aliphatic rings. The van der Waals surface area contributed by atoms with E-state index in [0.717, 1.165) is 51.4 Å². The standard InChI is InChI=1S/C67H123NO18/c1-3-5-7-9-11-13-15-17-19-21-22-23-24-25-26-27-28-29-31-33-35-37-39-41-43-45-55(73)68-50(51(72)44-42-40-38-36-34-32-30-20-18-16-14-12-10-8-6-4-2)49-81-65-61(79)58(76)63(53(47-70)83-65)86-67-62(80)59(77)64(54(48-71)84-67)85-66-60(78)57(75)56(74)52(46-69)82-66/h15,17,21-22,42,44,50-54,56-67,69-72,74-80H,3-14,16,18-20,23-41,43,45-49H2,1-2H3,(H,68,73)/b17-15-,22-21-,44-42+. The van der Waals surface area contributed by atoms with E-state index < -0.39 is 124 Å². The number of allylic oxidation sites excluding steroid dienone is 5. The van der Waals surface area contributed by atoms with Crippen molar-refractivity contribution in [1.29, 1.82) is 0 Å². The highest BCUT2D eigenvalue weighted by molar-refractivity contribution is 5.76. The summed E-state index contributed by atoms with van der Waals surface area (Å²) in [6, 6.07) is -0.973. The third-order valence-electron chi connectivity index (χ3n) is 17.2. The molecular weight excluding hydrogens is 1110 g/mol. The van der Waals surface area contributed by atoms with E-state index in [9.17, 15) is 61.0 Å². The van der Waals surface area contributed by atoms with Crippen molar-refractivity contribution >= 4 is 5.91 Å². The van der Waals surface area contributed by atoms with Gasteiger partial charge in [0.1, 0.15) is 73.2 Å². The molecule has 19 nitrogen and oxygen atoms in total. The van der Waals surface area contributed by atoms with Crippen LogP contribution < -0.4 is 5.32 Å². The number of amides is 1. The first-order valence-electron chi connectivity index (χ1n) is 34.2. The van der Waals surface area contributed by atoms with Crippen molar-refractivity contribution in [3.8, 4) is 0 Å². The van der Waals surface area contributed by atoms with Gasteiger partial charge < -0.3 is 89.9 Å². The summed E-state index contributed by atoms with van der Waals surface area (Å²) in [6.07, 6.45) is 29.7. The van der Waals surface area contributed by atoms with Crippen molar-refractivity contribution in [1.82, 2.24) is 5.32 Å². The van der Waals surface area contributed by atoms with Gasteiger partial charge in [-0.15, -0.1) is 0 Å². The number of rotatable bonds is 52. The quantitative estimate of drug-likeness (QED) is 0.0201. The minimum atomic E-state index is -1.98. The lowest BCUT2D eigenvalue weighted by Crippen LogP contribution is -2.66. The second kappa shape index (κ2) is 49.7. The zero-order chi connectivity index (χ0) is 62.6.